The molecule has 0 aliphatic carbocycles. The molecule has 2 aromatic carbocycles. The van der Waals surface area contributed by atoms with E-state index in [1.54, 1.807) is 12.4 Å². The van der Waals surface area contributed by atoms with Crippen molar-refractivity contribution < 1.29 is 4.79 Å². The third kappa shape index (κ3) is 4.36. The zero-order valence-corrected chi connectivity index (χ0v) is 15.8. The van der Waals surface area contributed by atoms with Crippen molar-refractivity contribution in [3.8, 4) is 0 Å². The third-order valence-electron chi connectivity index (χ3n) is 5.14. The number of hydrogen-bond donors (Lipinski definition) is 0. The molecule has 28 heavy (non-hydrogen) atoms. The molecule has 4 rings (SSSR count). The van der Waals surface area contributed by atoms with Crippen LogP contribution in [0.1, 0.15) is 16.1 Å². The number of carbonyl (C=O) groups is 1. The van der Waals surface area contributed by atoms with E-state index in [1.165, 1.54) is 5.69 Å². The number of para-hydroxylation sites is 1. The fraction of sp³-hybridized carbons (Fsp3) is 0.261. The van der Waals surface area contributed by atoms with Gasteiger partial charge in [-0.3, -0.25) is 14.8 Å². The first-order chi connectivity index (χ1) is 13.8. The number of carbonyl (C=O) groups excluding carboxylic acids is 1. The van der Waals surface area contributed by atoms with E-state index < -0.39 is 0 Å². The van der Waals surface area contributed by atoms with Crippen LogP contribution in [-0.2, 0) is 6.42 Å². The molecule has 1 atom stereocenters. The Morgan fingerprint density at radius 3 is 2.39 bits per heavy atom. The zero-order valence-electron chi connectivity index (χ0n) is 15.8. The standard InChI is InChI=1S/C23H24N4O/c28-23(20-7-3-1-4-8-20)27-14-13-26(22-9-5-2-6-10-22)17-19(18-27)15-21-16-24-11-12-25-21/h1-12,16,19H,13-15,17-18H2/t19-/m0/s1. The molecule has 1 amide bonds. The van der Waals surface area contributed by atoms with Gasteiger partial charge in [-0.2, -0.15) is 0 Å². The fourth-order valence-electron chi connectivity index (χ4n) is 3.79. The van der Waals surface area contributed by atoms with Crippen LogP contribution in [0.5, 0.6) is 0 Å². The minimum Gasteiger partial charge on any atom is -0.369 e. The van der Waals surface area contributed by atoms with Crippen molar-refractivity contribution in [1.82, 2.24) is 14.9 Å². The second kappa shape index (κ2) is 8.65. The van der Waals surface area contributed by atoms with Crippen LogP contribution in [0.3, 0.4) is 0 Å². The average molecular weight is 372 g/mol. The van der Waals surface area contributed by atoms with Crippen LogP contribution >= 0.6 is 0 Å². The second-order valence-electron chi connectivity index (χ2n) is 7.17. The van der Waals surface area contributed by atoms with E-state index in [0.29, 0.717) is 13.1 Å². The van der Waals surface area contributed by atoms with Gasteiger partial charge >= 0.3 is 0 Å². The van der Waals surface area contributed by atoms with E-state index >= 15 is 0 Å². The summed E-state index contributed by atoms with van der Waals surface area (Å²) in [6.45, 7) is 3.13. The molecule has 1 saturated heterocycles. The van der Waals surface area contributed by atoms with E-state index in [1.807, 2.05) is 47.5 Å². The van der Waals surface area contributed by atoms with Crippen molar-refractivity contribution in [1.29, 1.82) is 0 Å². The van der Waals surface area contributed by atoms with Gasteiger partial charge in [0.25, 0.3) is 5.91 Å². The number of benzene rings is 2. The number of aromatic nitrogens is 2. The predicted molar refractivity (Wildman–Crippen MR) is 110 cm³/mol. The molecule has 0 unspecified atom stereocenters. The van der Waals surface area contributed by atoms with Gasteiger partial charge in [0.2, 0.25) is 0 Å². The molecule has 0 spiro atoms. The topological polar surface area (TPSA) is 49.3 Å². The Kier molecular flexibility index (Phi) is 5.61. The molecular weight excluding hydrogens is 348 g/mol. The van der Waals surface area contributed by atoms with Gasteiger partial charge in [-0.25, -0.2) is 0 Å². The number of nitrogens with zero attached hydrogens (tertiary/aromatic N) is 4. The highest BCUT2D eigenvalue weighted by molar-refractivity contribution is 5.94. The van der Waals surface area contributed by atoms with Gasteiger partial charge in [0.15, 0.2) is 0 Å². The summed E-state index contributed by atoms with van der Waals surface area (Å²) in [7, 11) is 0. The lowest BCUT2D eigenvalue weighted by atomic mass is 10.0. The van der Waals surface area contributed by atoms with Crippen LogP contribution in [0.2, 0.25) is 0 Å². The van der Waals surface area contributed by atoms with E-state index in [-0.39, 0.29) is 11.8 Å². The molecule has 5 nitrogen and oxygen atoms in total. The van der Waals surface area contributed by atoms with Crippen LogP contribution in [-0.4, -0.2) is 47.0 Å². The maximum absolute atomic E-state index is 13.1. The largest absolute Gasteiger partial charge is 0.369 e. The summed E-state index contributed by atoms with van der Waals surface area (Å²) in [6.07, 6.45) is 6.04. The Morgan fingerprint density at radius 2 is 1.68 bits per heavy atom. The molecular formula is C23H24N4O. The average Bonchev–Trinajstić information content (AvgIpc) is 2.98. The maximum Gasteiger partial charge on any atom is 0.253 e. The van der Waals surface area contributed by atoms with Gasteiger partial charge < -0.3 is 9.80 Å². The summed E-state index contributed by atoms with van der Waals surface area (Å²) < 4.78 is 0. The molecule has 3 aromatic rings. The van der Waals surface area contributed by atoms with Crippen molar-refractivity contribution in [3.63, 3.8) is 0 Å². The zero-order chi connectivity index (χ0) is 19.2. The number of hydrogen-bond acceptors (Lipinski definition) is 4. The van der Waals surface area contributed by atoms with Crippen LogP contribution < -0.4 is 4.90 Å². The highest BCUT2D eigenvalue weighted by Gasteiger charge is 2.27. The van der Waals surface area contributed by atoms with Crippen LogP contribution in [0.15, 0.2) is 79.3 Å². The van der Waals surface area contributed by atoms with Gasteiger partial charge in [-0.15, -0.1) is 0 Å². The lowest BCUT2D eigenvalue weighted by Gasteiger charge is -2.25. The molecule has 1 aromatic heterocycles. The highest BCUT2D eigenvalue weighted by atomic mass is 16.2. The number of amides is 1. The summed E-state index contributed by atoms with van der Waals surface area (Å²) in [4.78, 5) is 26.1. The first-order valence-electron chi connectivity index (χ1n) is 9.69. The molecule has 5 heteroatoms. The van der Waals surface area contributed by atoms with Crippen molar-refractivity contribution in [2.45, 2.75) is 6.42 Å². The minimum atomic E-state index is 0.0969. The summed E-state index contributed by atoms with van der Waals surface area (Å²) in [5, 5.41) is 0. The van der Waals surface area contributed by atoms with Crippen molar-refractivity contribution in [2.24, 2.45) is 5.92 Å². The van der Waals surface area contributed by atoms with Gasteiger partial charge in [0.05, 0.1) is 5.69 Å². The molecule has 1 aliphatic rings. The Morgan fingerprint density at radius 1 is 0.929 bits per heavy atom. The lowest BCUT2D eigenvalue weighted by Crippen LogP contribution is -2.36. The summed E-state index contributed by atoms with van der Waals surface area (Å²) in [6, 6.07) is 20.0. The minimum absolute atomic E-state index is 0.0969. The van der Waals surface area contributed by atoms with Crippen LogP contribution in [0.4, 0.5) is 5.69 Å². The number of anilines is 1. The molecule has 0 N–H and O–H groups in total. The van der Waals surface area contributed by atoms with Crippen LogP contribution in [0.25, 0.3) is 0 Å². The molecule has 0 saturated carbocycles. The van der Waals surface area contributed by atoms with E-state index in [4.69, 9.17) is 0 Å². The Labute approximate surface area is 165 Å². The van der Waals surface area contributed by atoms with Crippen LogP contribution in [0, 0.1) is 5.92 Å². The van der Waals surface area contributed by atoms with E-state index in [2.05, 4.69) is 39.1 Å². The second-order valence-corrected chi connectivity index (χ2v) is 7.17. The molecule has 1 fully saturated rings. The normalized spacial score (nSPS) is 17.2. The third-order valence-corrected chi connectivity index (χ3v) is 5.14. The highest BCUT2D eigenvalue weighted by Crippen LogP contribution is 2.21. The van der Waals surface area contributed by atoms with Gasteiger partial charge in [0.1, 0.15) is 0 Å². The van der Waals surface area contributed by atoms with Crippen molar-refractivity contribution in [3.05, 3.63) is 90.5 Å². The van der Waals surface area contributed by atoms with Crippen molar-refractivity contribution in [2.75, 3.05) is 31.1 Å². The molecule has 0 bridgehead atoms. The quantitative estimate of drug-likeness (QED) is 0.705. The van der Waals surface area contributed by atoms with Gasteiger partial charge in [-0.1, -0.05) is 36.4 Å². The smallest absolute Gasteiger partial charge is 0.253 e. The maximum atomic E-state index is 13.1. The monoisotopic (exact) mass is 372 g/mol. The molecule has 1 aliphatic heterocycles. The summed E-state index contributed by atoms with van der Waals surface area (Å²) in [5.74, 6) is 0.381. The lowest BCUT2D eigenvalue weighted by molar-refractivity contribution is 0.0747. The first kappa shape index (κ1) is 18.2. The molecule has 2 heterocycles. The van der Waals surface area contributed by atoms with E-state index in [0.717, 1.165) is 30.8 Å². The Hall–Kier alpha value is -3.21. The van der Waals surface area contributed by atoms with Gasteiger partial charge in [-0.05, 0) is 36.6 Å². The molecule has 142 valence electrons. The molecule has 0 radical (unpaired) electrons. The number of rotatable bonds is 4. The predicted octanol–water partition coefficient (Wildman–Crippen LogP) is 3.30. The Bertz CT molecular complexity index is 886. The first-order valence-corrected chi connectivity index (χ1v) is 9.69. The Balaban J connectivity index is 1.57. The van der Waals surface area contributed by atoms with Crippen molar-refractivity contribution >= 4 is 11.6 Å². The SMILES string of the molecule is O=C(c1ccccc1)N1CCN(c2ccccc2)C[C@H](Cc2cnccn2)C1. The fourth-order valence-corrected chi connectivity index (χ4v) is 3.79. The van der Waals surface area contributed by atoms with E-state index in [9.17, 15) is 4.79 Å². The summed E-state index contributed by atoms with van der Waals surface area (Å²) >= 11 is 0. The summed E-state index contributed by atoms with van der Waals surface area (Å²) in [5.41, 5.74) is 2.91. The van der Waals surface area contributed by atoms with Gasteiger partial charge in [0, 0.05) is 56.0 Å².